The van der Waals surface area contributed by atoms with Crippen LogP contribution in [0.4, 0.5) is 0 Å². The Hall–Kier alpha value is -2.36. The number of nitrogens with one attached hydrogen (secondary N) is 1. The summed E-state index contributed by atoms with van der Waals surface area (Å²) in [7, 11) is 0. The molecule has 88 valence electrons. The lowest BCUT2D eigenvalue weighted by atomic mass is 10.2. The number of allylic oxidation sites excluding steroid dienone is 1. The van der Waals surface area contributed by atoms with Crippen molar-refractivity contribution in [1.29, 1.82) is 0 Å². The molecule has 0 saturated heterocycles. The first-order valence-electron chi connectivity index (χ1n) is 5.07. The molecule has 0 aliphatic carbocycles. The molecule has 0 aliphatic rings. The highest BCUT2D eigenvalue weighted by Gasteiger charge is 2.07. The van der Waals surface area contributed by atoms with E-state index in [0.29, 0.717) is 0 Å². The maximum atomic E-state index is 11.4. The van der Waals surface area contributed by atoms with Gasteiger partial charge in [-0.15, -0.1) is 0 Å². The van der Waals surface area contributed by atoms with Crippen molar-refractivity contribution in [1.82, 2.24) is 5.32 Å². The topological polar surface area (TPSA) is 66.4 Å². The van der Waals surface area contributed by atoms with E-state index in [1.807, 2.05) is 30.3 Å². The maximum absolute atomic E-state index is 11.4. The quantitative estimate of drug-likeness (QED) is 0.776. The van der Waals surface area contributed by atoms with Crippen LogP contribution < -0.4 is 5.32 Å². The van der Waals surface area contributed by atoms with Crippen LogP contribution in [0.2, 0.25) is 0 Å². The van der Waals surface area contributed by atoms with Crippen LogP contribution in [-0.4, -0.2) is 17.0 Å². The van der Waals surface area contributed by atoms with Gasteiger partial charge in [-0.25, -0.2) is 4.79 Å². The highest BCUT2D eigenvalue weighted by Crippen LogP contribution is 2.00. The van der Waals surface area contributed by atoms with E-state index < -0.39 is 11.9 Å². The number of rotatable bonds is 4. The number of hydrogen-bond acceptors (Lipinski definition) is 2. The molecule has 0 radical (unpaired) electrons. The minimum atomic E-state index is -1.16. The Morgan fingerprint density at radius 2 is 1.88 bits per heavy atom. The number of hydrogen-bond donors (Lipinski definition) is 2. The highest BCUT2D eigenvalue weighted by molar-refractivity contribution is 5.98. The Labute approximate surface area is 99.3 Å². The van der Waals surface area contributed by atoms with E-state index in [4.69, 9.17) is 5.11 Å². The lowest BCUT2D eigenvalue weighted by Gasteiger charge is -2.01. The van der Waals surface area contributed by atoms with Crippen molar-refractivity contribution >= 4 is 18.0 Å². The summed E-state index contributed by atoms with van der Waals surface area (Å²) in [5, 5.41) is 11.0. The van der Waals surface area contributed by atoms with E-state index in [2.05, 4.69) is 5.32 Å². The summed E-state index contributed by atoms with van der Waals surface area (Å²) >= 11 is 0. The molecule has 0 aliphatic heterocycles. The van der Waals surface area contributed by atoms with Gasteiger partial charge >= 0.3 is 5.97 Å². The van der Waals surface area contributed by atoms with Gasteiger partial charge in [0.2, 0.25) is 5.91 Å². The van der Waals surface area contributed by atoms with E-state index in [-0.39, 0.29) is 5.70 Å². The number of amides is 1. The standard InChI is InChI=1S/C13H13NO3/c1-2-11(13(16)17)14-12(15)9-8-10-6-4-3-5-7-10/h2-9H,1H3,(H,14,15)(H,16,17)/b9-8+,11-2+. The van der Waals surface area contributed by atoms with Crippen LogP contribution in [0.15, 0.2) is 48.2 Å². The molecule has 1 aromatic carbocycles. The fourth-order valence-corrected chi connectivity index (χ4v) is 1.16. The summed E-state index contributed by atoms with van der Waals surface area (Å²) in [5.41, 5.74) is 0.743. The van der Waals surface area contributed by atoms with Gasteiger partial charge in [-0.2, -0.15) is 0 Å². The van der Waals surface area contributed by atoms with Gasteiger partial charge in [0.15, 0.2) is 0 Å². The van der Waals surface area contributed by atoms with Gasteiger partial charge in [0.05, 0.1) is 0 Å². The van der Waals surface area contributed by atoms with Gasteiger partial charge in [-0.1, -0.05) is 36.4 Å². The van der Waals surface area contributed by atoms with E-state index >= 15 is 0 Å². The number of benzene rings is 1. The zero-order valence-corrected chi connectivity index (χ0v) is 9.38. The second kappa shape index (κ2) is 6.27. The summed E-state index contributed by atoms with van der Waals surface area (Å²) < 4.78 is 0. The van der Waals surface area contributed by atoms with Gasteiger partial charge in [-0.3, -0.25) is 4.79 Å². The highest BCUT2D eigenvalue weighted by atomic mass is 16.4. The summed E-state index contributed by atoms with van der Waals surface area (Å²) in [5.74, 6) is -1.63. The fourth-order valence-electron chi connectivity index (χ4n) is 1.16. The summed E-state index contributed by atoms with van der Waals surface area (Å²) in [4.78, 5) is 22.0. The Kier molecular flexibility index (Phi) is 4.69. The normalized spacial score (nSPS) is 11.5. The van der Waals surface area contributed by atoms with Crippen LogP contribution in [0.25, 0.3) is 6.08 Å². The van der Waals surface area contributed by atoms with Crippen LogP contribution in [0.5, 0.6) is 0 Å². The summed E-state index contributed by atoms with van der Waals surface area (Å²) in [6, 6.07) is 9.27. The second-order valence-electron chi connectivity index (χ2n) is 3.24. The van der Waals surface area contributed by atoms with Crippen LogP contribution in [0.3, 0.4) is 0 Å². The molecule has 4 heteroatoms. The van der Waals surface area contributed by atoms with Crippen LogP contribution in [0, 0.1) is 0 Å². The lowest BCUT2D eigenvalue weighted by Crippen LogP contribution is -2.25. The van der Waals surface area contributed by atoms with E-state index in [0.717, 1.165) is 5.56 Å². The molecule has 0 spiro atoms. The molecule has 0 saturated carbocycles. The Bertz CT molecular complexity index is 461. The third-order valence-electron chi connectivity index (χ3n) is 2.00. The number of carboxylic acids is 1. The van der Waals surface area contributed by atoms with Crippen LogP contribution >= 0.6 is 0 Å². The molecule has 0 bridgehead atoms. The van der Waals surface area contributed by atoms with Gasteiger partial charge < -0.3 is 10.4 Å². The second-order valence-corrected chi connectivity index (χ2v) is 3.24. The number of carbonyl (C=O) groups is 2. The first-order valence-corrected chi connectivity index (χ1v) is 5.07. The molecule has 1 aromatic rings. The molecule has 0 unspecified atom stereocenters. The monoisotopic (exact) mass is 231 g/mol. The first-order chi connectivity index (χ1) is 8.13. The Morgan fingerprint density at radius 1 is 1.24 bits per heavy atom. The lowest BCUT2D eigenvalue weighted by molar-refractivity contribution is -0.134. The van der Waals surface area contributed by atoms with Gasteiger partial charge in [0.1, 0.15) is 5.70 Å². The zero-order chi connectivity index (χ0) is 12.7. The average Bonchev–Trinajstić information content (AvgIpc) is 2.34. The first kappa shape index (κ1) is 12.7. The predicted molar refractivity (Wildman–Crippen MR) is 65.0 cm³/mol. The molecule has 1 amide bonds. The molecule has 4 nitrogen and oxygen atoms in total. The SMILES string of the molecule is C/C=C(/NC(=O)/C=C/c1ccccc1)C(=O)O. The number of aliphatic carboxylic acids is 1. The number of carboxylic acid groups (broad SMARTS) is 1. The summed E-state index contributed by atoms with van der Waals surface area (Å²) in [6.07, 6.45) is 4.24. The van der Waals surface area contributed by atoms with Crippen molar-refractivity contribution in [2.75, 3.05) is 0 Å². The largest absolute Gasteiger partial charge is 0.477 e. The molecular weight excluding hydrogens is 218 g/mol. The number of carbonyl (C=O) groups excluding carboxylic acids is 1. The third kappa shape index (κ3) is 4.34. The Balaban J connectivity index is 2.62. The van der Waals surface area contributed by atoms with Crippen molar-refractivity contribution < 1.29 is 14.7 Å². The minimum absolute atomic E-state index is 0.132. The predicted octanol–water partition coefficient (Wildman–Crippen LogP) is 1.80. The average molecular weight is 231 g/mol. The van der Waals surface area contributed by atoms with Crippen molar-refractivity contribution in [3.8, 4) is 0 Å². The maximum Gasteiger partial charge on any atom is 0.352 e. The van der Waals surface area contributed by atoms with E-state index in [1.165, 1.54) is 12.2 Å². The minimum Gasteiger partial charge on any atom is -0.477 e. The van der Waals surface area contributed by atoms with Gasteiger partial charge in [0.25, 0.3) is 0 Å². The van der Waals surface area contributed by atoms with E-state index in [1.54, 1.807) is 13.0 Å². The van der Waals surface area contributed by atoms with Crippen LogP contribution in [0.1, 0.15) is 12.5 Å². The van der Waals surface area contributed by atoms with Crippen molar-refractivity contribution in [2.45, 2.75) is 6.92 Å². The van der Waals surface area contributed by atoms with Crippen molar-refractivity contribution in [3.63, 3.8) is 0 Å². The van der Waals surface area contributed by atoms with Gasteiger partial charge in [0, 0.05) is 6.08 Å². The molecular formula is C13H13NO3. The third-order valence-corrected chi connectivity index (χ3v) is 2.00. The molecule has 17 heavy (non-hydrogen) atoms. The van der Waals surface area contributed by atoms with Crippen molar-refractivity contribution in [3.05, 3.63) is 53.7 Å². The van der Waals surface area contributed by atoms with Crippen molar-refractivity contribution in [2.24, 2.45) is 0 Å². The molecule has 1 rings (SSSR count). The fraction of sp³-hybridized carbons (Fsp3) is 0.0769. The molecule has 0 fully saturated rings. The zero-order valence-electron chi connectivity index (χ0n) is 9.38. The molecule has 0 atom stereocenters. The molecule has 2 N–H and O–H groups in total. The molecule has 0 heterocycles. The molecule has 0 aromatic heterocycles. The summed E-state index contributed by atoms with van der Waals surface area (Å²) in [6.45, 7) is 1.55. The van der Waals surface area contributed by atoms with Crippen LogP contribution in [-0.2, 0) is 9.59 Å². The van der Waals surface area contributed by atoms with Gasteiger partial charge in [-0.05, 0) is 18.6 Å². The Morgan fingerprint density at radius 3 is 2.41 bits per heavy atom. The smallest absolute Gasteiger partial charge is 0.352 e. The van der Waals surface area contributed by atoms with E-state index in [9.17, 15) is 9.59 Å².